The maximum absolute atomic E-state index is 12.1. The van der Waals surface area contributed by atoms with E-state index in [1.54, 1.807) is 16.8 Å². The van der Waals surface area contributed by atoms with Crippen molar-refractivity contribution in [2.75, 3.05) is 44.6 Å². The average Bonchev–Trinajstić information content (AvgIpc) is 2.94. The highest BCUT2D eigenvalue weighted by molar-refractivity contribution is 5.94. The standard InChI is InChI=1S/C15H18N6O3/c1-20-7-8-21(15(20)22)11-6-4-5-10(9-11)16-12-17-13(23-2)19-14(18-12)24-3/h4-6,9H,7-8H2,1-3H3,(H,16,17,18,19). The average molecular weight is 330 g/mol. The molecule has 1 N–H and O–H groups in total. The van der Waals surface area contributed by atoms with E-state index in [2.05, 4.69) is 20.3 Å². The molecule has 0 unspecified atom stereocenters. The summed E-state index contributed by atoms with van der Waals surface area (Å²) in [5, 5.41) is 3.07. The molecule has 0 aliphatic carbocycles. The number of benzene rings is 1. The molecule has 0 bridgehead atoms. The monoisotopic (exact) mass is 330 g/mol. The molecule has 0 saturated carbocycles. The number of urea groups is 1. The molecule has 24 heavy (non-hydrogen) atoms. The van der Waals surface area contributed by atoms with Crippen molar-refractivity contribution in [3.8, 4) is 12.0 Å². The number of carbonyl (C=O) groups excluding carboxylic acids is 1. The number of nitrogens with one attached hydrogen (secondary N) is 1. The Hall–Kier alpha value is -3.10. The molecule has 1 saturated heterocycles. The molecule has 0 radical (unpaired) electrons. The van der Waals surface area contributed by atoms with Crippen LogP contribution in [-0.4, -0.2) is 60.2 Å². The summed E-state index contributed by atoms with van der Waals surface area (Å²) in [6.07, 6.45) is 0. The predicted octanol–water partition coefficient (Wildman–Crippen LogP) is 1.50. The highest BCUT2D eigenvalue weighted by atomic mass is 16.5. The number of methoxy groups -OCH3 is 2. The van der Waals surface area contributed by atoms with Crippen molar-refractivity contribution in [1.29, 1.82) is 0 Å². The molecule has 2 amide bonds. The van der Waals surface area contributed by atoms with Crippen molar-refractivity contribution in [1.82, 2.24) is 19.9 Å². The van der Waals surface area contributed by atoms with Gasteiger partial charge < -0.3 is 19.7 Å². The summed E-state index contributed by atoms with van der Waals surface area (Å²) in [5.41, 5.74) is 1.55. The second kappa shape index (κ2) is 6.57. The Morgan fingerprint density at radius 1 is 1.08 bits per heavy atom. The predicted molar refractivity (Wildman–Crippen MR) is 88.0 cm³/mol. The highest BCUT2D eigenvalue weighted by Gasteiger charge is 2.26. The van der Waals surface area contributed by atoms with Crippen LogP contribution < -0.4 is 19.7 Å². The van der Waals surface area contributed by atoms with E-state index < -0.39 is 0 Å². The number of anilines is 3. The van der Waals surface area contributed by atoms with Gasteiger partial charge in [0.2, 0.25) is 5.95 Å². The van der Waals surface area contributed by atoms with Gasteiger partial charge in [0.05, 0.1) is 14.2 Å². The minimum atomic E-state index is -0.0179. The summed E-state index contributed by atoms with van der Waals surface area (Å²) >= 11 is 0. The molecule has 9 heteroatoms. The summed E-state index contributed by atoms with van der Waals surface area (Å²) < 4.78 is 10.1. The fourth-order valence-electron chi connectivity index (χ4n) is 2.34. The summed E-state index contributed by atoms with van der Waals surface area (Å²) in [7, 11) is 4.72. The lowest BCUT2D eigenvalue weighted by Crippen LogP contribution is -2.29. The van der Waals surface area contributed by atoms with Crippen molar-refractivity contribution in [2.24, 2.45) is 0 Å². The number of nitrogens with zero attached hydrogens (tertiary/aromatic N) is 5. The Bertz CT molecular complexity index is 731. The van der Waals surface area contributed by atoms with Gasteiger partial charge in [0.15, 0.2) is 0 Å². The zero-order valence-electron chi connectivity index (χ0n) is 13.7. The molecule has 1 aromatic heterocycles. The zero-order valence-corrected chi connectivity index (χ0v) is 13.7. The largest absolute Gasteiger partial charge is 0.467 e. The second-order valence-electron chi connectivity index (χ2n) is 5.16. The van der Waals surface area contributed by atoms with E-state index in [9.17, 15) is 4.79 Å². The molecule has 3 rings (SSSR count). The number of likely N-dealkylation sites (N-methyl/N-ethyl adjacent to an activating group) is 1. The molecule has 126 valence electrons. The quantitative estimate of drug-likeness (QED) is 0.888. The molecule has 0 spiro atoms. The van der Waals surface area contributed by atoms with E-state index in [0.29, 0.717) is 19.0 Å². The molecular weight excluding hydrogens is 312 g/mol. The lowest BCUT2D eigenvalue weighted by Gasteiger charge is -2.17. The van der Waals surface area contributed by atoms with Crippen LogP contribution >= 0.6 is 0 Å². The summed E-state index contributed by atoms with van der Waals surface area (Å²) in [5.74, 6) is 0.292. The number of aromatic nitrogens is 3. The SMILES string of the molecule is COc1nc(Nc2cccc(N3CCN(C)C3=O)c2)nc(OC)n1. The fourth-order valence-corrected chi connectivity index (χ4v) is 2.34. The highest BCUT2D eigenvalue weighted by Crippen LogP contribution is 2.25. The van der Waals surface area contributed by atoms with E-state index in [1.807, 2.05) is 24.3 Å². The lowest BCUT2D eigenvalue weighted by molar-refractivity contribution is 0.229. The first kappa shape index (κ1) is 15.8. The van der Waals surface area contributed by atoms with Crippen LogP contribution in [0.25, 0.3) is 0 Å². The van der Waals surface area contributed by atoms with Crippen LogP contribution in [0.5, 0.6) is 12.0 Å². The van der Waals surface area contributed by atoms with E-state index in [4.69, 9.17) is 9.47 Å². The van der Waals surface area contributed by atoms with Crippen LogP contribution in [0, 0.1) is 0 Å². The Morgan fingerprint density at radius 3 is 2.38 bits per heavy atom. The Kier molecular flexibility index (Phi) is 4.32. The molecule has 2 aromatic rings. The lowest BCUT2D eigenvalue weighted by atomic mass is 10.2. The van der Waals surface area contributed by atoms with Gasteiger partial charge in [-0.1, -0.05) is 6.07 Å². The fraction of sp³-hybridized carbons (Fsp3) is 0.333. The normalized spacial score (nSPS) is 14.0. The van der Waals surface area contributed by atoms with Crippen LogP contribution in [0.3, 0.4) is 0 Å². The van der Waals surface area contributed by atoms with Crippen molar-refractivity contribution >= 4 is 23.4 Å². The summed E-state index contributed by atoms with van der Waals surface area (Å²) in [6, 6.07) is 7.75. The van der Waals surface area contributed by atoms with Gasteiger partial charge in [-0.05, 0) is 18.2 Å². The van der Waals surface area contributed by atoms with Gasteiger partial charge >= 0.3 is 18.1 Å². The molecule has 1 aromatic carbocycles. The number of carbonyl (C=O) groups is 1. The van der Waals surface area contributed by atoms with Gasteiger partial charge in [-0.2, -0.15) is 9.97 Å². The van der Waals surface area contributed by atoms with Crippen molar-refractivity contribution in [3.63, 3.8) is 0 Å². The number of ether oxygens (including phenoxy) is 2. The van der Waals surface area contributed by atoms with Crippen LogP contribution in [0.2, 0.25) is 0 Å². The Labute approximate surface area is 139 Å². The first-order valence-corrected chi connectivity index (χ1v) is 7.34. The van der Waals surface area contributed by atoms with E-state index in [0.717, 1.165) is 11.4 Å². The third kappa shape index (κ3) is 3.14. The summed E-state index contributed by atoms with van der Waals surface area (Å²) in [6.45, 7) is 1.37. The maximum Gasteiger partial charge on any atom is 0.324 e. The molecule has 0 atom stereocenters. The van der Waals surface area contributed by atoms with Crippen molar-refractivity contribution in [2.45, 2.75) is 0 Å². The van der Waals surface area contributed by atoms with Gasteiger partial charge in [-0.25, -0.2) is 4.79 Å². The Balaban J connectivity index is 1.84. The van der Waals surface area contributed by atoms with E-state index in [-0.39, 0.29) is 18.1 Å². The molecular formula is C15H18N6O3. The topological polar surface area (TPSA) is 92.7 Å². The van der Waals surface area contributed by atoms with Crippen LogP contribution in [-0.2, 0) is 0 Å². The number of amides is 2. The first-order chi connectivity index (χ1) is 11.6. The zero-order chi connectivity index (χ0) is 17.1. The van der Waals surface area contributed by atoms with Gasteiger partial charge in [0.1, 0.15) is 0 Å². The van der Waals surface area contributed by atoms with E-state index in [1.165, 1.54) is 14.2 Å². The van der Waals surface area contributed by atoms with Gasteiger partial charge in [0, 0.05) is 31.5 Å². The number of hydrogen-bond acceptors (Lipinski definition) is 7. The molecule has 1 fully saturated rings. The van der Waals surface area contributed by atoms with Crippen LogP contribution in [0.15, 0.2) is 24.3 Å². The second-order valence-corrected chi connectivity index (χ2v) is 5.16. The van der Waals surface area contributed by atoms with E-state index >= 15 is 0 Å². The van der Waals surface area contributed by atoms with Gasteiger partial charge in [-0.15, -0.1) is 4.98 Å². The van der Waals surface area contributed by atoms with Gasteiger partial charge in [0.25, 0.3) is 0 Å². The smallest absolute Gasteiger partial charge is 0.324 e. The van der Waals surface area contributed by atoms with Gasteiger partial charge in [-0.3, -0.25) is 4.90 Å². The van der Waals surface area contributed by atoms with Crippen LogP contribution in [0.1, 0.15) is 0 Å². The van der Waals surface area contributed by atoms with Crippen molar-refractivity contribution in [3.05, 3.63) is 24.3 Å². The minimum absolute atomic E-state index is 0.0179. The molecule has 1 aliphatic rings. The third-order valence-corrected chi connectivity index (χ3v) is 3.59. The molecule has 2 heterocycles. The third-order valence-electron chi connectivity index (χ3n) is 3.59. The molecule has 9 nitrogen and oxygen atoms in total. The minimum Gasteiger partial charge on any atom is -0.467 e. The van der Waals surface area contributed by atoms with Crippen molar-refractivity contribution < 1.29 is 14.3 Å². The summed E-state index contributed by atoms with van der Waals surface area (Å²) in [4.78, 5) is 27.7. The number of hydrogen-bond donors (Lipinski definition) is 1. The van der Waals surface area contributed by atoms with Crippen LogP contribution in [0.4, 0.5) is 22.1 Å². The molecule has 1 aliphatic heterocycles. The Morgan fingerprint density at radius 2 is 1.79 bits per heavy atom. The maximum atomic E-state index is 12.1. The number of rotatable bonds is 5. The first-order valence-electron chi connectivity index (χ1n) is 7.34.